The number of hydrogen-bond acceptors (Lipinski definition) is 5. The SMILES string of the molecule is [C-]#N.[C-]#N.[C-]#N.[C-]#N.[C-]#N.[Cl][Ru+2].[K+].[K+].[K+]. The molecule has 0 radical (unpaired) electrons. The summed E-state index contributed by atoms with van der Waals surface area (Å²) in [7, 11) is 4.57. The van der Waals surface area contributed by atoms with Crippen LogP contribution in [0.5, 0.6) is 0 Å². The molecule has 0 saturated heterocycles. The molecule has 0 atom stereocenters. The van der Waals surface area contributed by atoms with Gasteiger partial charge in [0.05, 0.1) is 0 Å². The Morgan fingerprint density at radius 1 is 0.467 bits per heavy atom. The van der Waals surface area contributed by atoms with Gasteiger partial charge in [-0.2, -0.15) is 0 Å². The molecule has 0 aliphatic carbocycles. The average molecular weight is 384 g/mol. The molecular weight excluding hydrogens is 384 g/mol. The molecule has 0 saturated carbocycles. The average Bonchev–Trinajstić information content (AvgIpc) is 2.33. The van der Waals surface area contributed by atoms with Crippen LogP contribution in [0.2, 0.25) is 0 Å². The van der Waals surface area contributed by atoms with Gasteiger partial charge in [-0.15, -0.1) is 0 Å². The van der Waals surface area contributed by atoms with Gasteiger partial charge in [-0.05, 0) is 0 Å². The van der Waals surface area contributed by atoms with Crippen LogP contribution in [0.1, 0.15) is 0 Å². The number of hydrogen-bond donors (Lipinski definition) is 0. The molecule has 10 heteroatoms. The molecule has 0 heterocycles. The van der Waals surface area contributed by atoms with Crippen LogP contribution in [0.4, 0.5) is 0 Å². The molecule has 0 aromatic rings. The summed E-state index contributed by atoms with van der Waals surface area (Å²) in [5, 5.41) is 31.2. The molecule has 0 bridgehead atoms. The summed E-state index contributed by atoms with van der Waals surface area (Å²) in [6, 6.07) is 0. The van der Waals surface area contributed by atoms with E-state index in [1.165, 1.54) is 0 Å². The van der Waals surface area contributed by atoms with Crippen molar-refractivity contribution in [2.24, 2.45) is 0 Å². The molecule has 0 unspecified atom stereocenters. The molecule has 0 aromatic heterocycles. The minimum atomic E-state index is 0. The maximum atomic E-state index is 6.25. The summed E-state index contributed by atoms with van der Waals surface area (Å²) < 4.78 is 0. The Kier molecular flexibility index (Phi) is 1810. The number of rotatable bonds is 0. The van der Waals surface area contributed by atoms with Crippen LogP contribution < -0.4 is 154 Å². The Morgan fingerprint density at radius 3 is 0.467 bits per heavy atom. The molecule has 0 amide bonds. The van der Waals surface area contributed by atoms with Gasteiger partial charge in [0.1, 0.15) is 0 Å². The van der Waals surface area contributed by atoms with Gasteiger partial charge in [-0.3, -0.25) is 0 Å². The predicted molar refractivity (Wildman–Crippen MR) is 30.7 cm³/mol. The second kappa shape index (κ2) is 427. The first-order chi connectivity index (χ1) is 6.00. The zero-order valence-electron chi connectivity index (χ0n) is 8.47. The standard InChI is InChI=1S/5CN.ClH.3K.Ru/c5*1-2;;;;;/h;;;;;1H;;;;/q5*-1;;3*+1;+3/p-1. The van der Waals surface area contributed by atoms with Gasteiger partial charge in [-0.25, -0.2) is 0 Å². The van der Waals surface area contributed by atoms with Crippen LogP contribution in [-0.2, 0) is 17.3 Å². The van der Waals surface area contributed by atoms with Gasteiger partial charge in [-0.1, -0.05) is 0 Å². The third-order valence-corrected chi connectivity index (χ3v) is 0. The summed E-state index contributed by atoms with van der Waals surface area (Å²) in [4.78, 5) is 0. The van der Waals surface area contributed by atoms with Crippen molar-refractivity contribution in [1.82, 2.24) is 0 Å². The van der Waals surface area contributed by atoms with Crippen molar-refractivity contribution in [3.8, 4) is 0 Å². The van der Waals surface area contributed by atoms with E-state index in [9.17, 15) is 0 Å². The van der Waals surface area contributed by atoms with Gasteiger partial charge in [0, 0.05) is 0 Å². The Labute approximate surface area is 233 Å². The predicted octanol–water partition coefficient (Wildman–Crippen LogP) is -7.82. The number of nitrogens with zero attached hydrogens (tertiary/aromatic N) is 5. The Balaban J connectivity index is -0.00000000396. The summed E-state index contributed by atoms with van der Waals surface area (Å²) in [6.45, 7) is 23.8. The molecule has 0 fully saturated rings. The van der Waals surface area contributed by atoms with Crippen LogP contribution in [0.3, 0.4) is 0 Å². The summed E-state index contributed by atoms with van der Waals surface area (Å²) in [5.74, 6) is 0. The van der Waals surface area contributed by atoms with Gasteiger partial charge < -0.3 is 59.2 Å². The van der Waals surface area contributed by atoms with E-state index in [1.807, 2.05) is 17.3 Å². The molecule has 0 N–H and O–H groups in total. The van der Waals surface area contributed by atoms with Crippen molar-refractivity contribution in [3.63, 3.8) is 0 Å². The van der Waals surface area contributed by atoms with Crippen molar-refractivity contribution in [2.45, 2.75) is 0 Å². The van der Waals surface area contributed by atoms with E-state index >= 15 is 0 Å². The van der Waals surface area contributed by atoms with E-state index in [4.69, 9.17) is 59.2 Å². The quantitative estimate of drug-likeness (QED) is 0.304. The van der Waals surface area contributed by atoms with Crippen molar-refractivity contribution in [1.29, 1.82) is 26.3 Å². The first kappa shape index (κ1) is 63.4. The fourth-order valence-electron chi connectivity index (χ4n) is 0. The smallest absolute Gasteiger partial charge is 1.00 e. The molecule has 0 aliphatic rings. The zero-order chi connectivity index (χ0) is 12.0. The minimum absolute atomic E-state index is 0. The zero-order valence-corrected chi connectivity index (χ0v) is 20.3. The van der Waals surface area contributed by atoms with Crippen LogP contribution in [0.15, 0.2) is 0 Å². The third-order valence-electron chi connectivity index (χ3n) is 0. The monoisotopic (exact) mass is 384 g/mol. The number of halogens is 1. The molecule has 0 spiro atoms. The summed E-state index contributed by atoms with van der Waals surface area (Å²) in [5.41, 5.74) is 0. The van der Waals surface area contributed by atoms with Crippen LogP contribution in [-0.4, -0.2) is 0 Å². The first-order valence-electron chi connectivity index (χ1n) is 1.25. The maximum absolute atomic E-state index is 6.25. The van der Waals surface area contributed by atoms with E-state index in [-0.39, 0.29) is 154 Å². The van der Waals surface area contributed by atoms with Crippen molar-refractivity contribution >= 4 is 9.69 Å². The van der Waals surface area contributed by atoms with E-state index in [2.05, 4.69) is 9.69 Å². The van der Waals surface area contributed by atoms with Crippen LogP contribution >= 0.6 is 9.69 Å². The van der Waals surface area contributed by atoms with Gasteiger partial charge >= 0.3 is 181 Å². The van der Waals surface area contributed by atoms with Gasteiger partial charge in [0.25, 0.3) is 0 Å². The van der Waals surface area contributed by atoms with Gasteiger partial charge in [0.15, 0.2) is 0 Å². The minimum Gasteiger partial charge on any atom is 1.00 e. The second-order valence-corrected chi connectivity index (χ2v) is 0. The van der Waals surface area contributed by atoms with Crippen LogP contribution in [0, 0.1) is 59.2 Å². The van der Waals surface area contributed by atoms with E-state index in [0.717, 1.165) is 0 Å². The molecule has 0 rings (SSSR count). The van der Waals surface area contributed by atoms with Crippen molar-refractivity contribution < 1.29 is 171 Å². The Bertz CT molecular complexity index is 89.2. The third kappa shape index (κ3) is 376. The maximum Gasteiger partial charge on any atom is 1.00 e. The van der Waals surface area contributed by atoms with E-state index < -0.39 is 0 Å². The Morgan fingerprint density at radius 2 is 0.467 bits per heavy atom. The molecule has 0 aliphatic heterocycles. The topological polar surface area (TPSA) is 119 Å². The Hall–Kier alpha value is 3.27. The fraction of sp³-hybridized carbons (Fsp3) is 0. The molecule has 5 nitrogen and oxygen atoms in total. The molecule has 0 aromatic carbocycles. The van der Waals surface area contributed by atoms with Crippen molar-refractivity contribution in [2.75, 3.05) is 0 Å². The molecule has 15 heavy (non-hydrogen) atoms. The second-order valence-electron chi connectivity index (χ2n) is 0. The largest absolute Gasteiger partial charge is 1.00 e. The van der Waals surface area contributed by atoms with E-state index in [0.29, 0.717) is 0 Å². The first-order valence-corrected chi connectivity index (χ1v) is 3.49. The summed E-state index contributed by atoms with van der Waals surface area (Å²) >= 11 is 1.82. The summed E-state index contributed by atoms with van der Waals surface area (Å²) in [6.07, 6.45) is 0. The van der Waals surface area contributed by atoms with Gasteiger partial charge in [0.2, 0.25) is 0 Å². The van der Waals surface area contributed by atoms with E-state index in [1.54, 1.807) is 0 Å². The normalized spacial score (nSPS) is 1.00. The van der Waals surface area contributed by atoms with Crippen LogP contribution in [0.25, 0.3) is 0 Å². The molecular formula is C5ClK3N5Ru. The van der Waals surface area contributed by atoms with Crippen molar-refractivity contribution in [3.05, 3.63) is 32.9 Å². The molecule has 63 valence electrons. The fourth-order valence-corrected chi connectivity index (χ4v) is 0.